The molecule has 2 aromatic rings. The maximum absolute atomic E-state index is 12.7. The van der Waals surface area contributed by atoms with Crippen LogP contribution >= 0.6 is 11.6 Å². The SMILES string of the molecule is CCN(CC)CCNC(=O)c1cc(Cl)c(NS(=O)(=O)c2ccc(C)cc2)cc1OC. The lowest BCUT2D eigenvalue weighted by atomic mass is 10.1. The highest BCUT2D eigenvalue weighted by Gasteiger charge is 2.20. The number of rotatable bonds is 10. The molecule has 0 unspecified atom stereocenters. The molecule has 0 aliphatic heterocycles. The monoisotopic (exact) mass is 453 g/mol. The number of hydrogen-bond acceptors (Lipinski definition) is 5. The third kappa shape index (κ3) is 6.10. The number of carbonyl (C=O) groups excluding carboxylic acids is 1. The van der Waals surface area contributed by atoms with Crippen molar-refractivity contribution >= 4 is 33.2 Å². The summed E-state index contributed by atoms with van der Waals surface area (Å²) < 4.78 is 33.1. The van der Waals surface area contributed by atoms with E-state index in [0.717, 1.165) is 25.2 Å². The minimum Gasteiger partial charge on any atom is -0.496 e. The predicted octanol–water partition coefficient (Wildman–Crippen LogP) is 3.53. The molecule has 0 bridgehead atoms. The van der Waals surface area contributed by atoms with Gasteiger partial charge in [0.15, 0.2) is 0 Å². The molecule has 1 amide bonds. The standard InChI is InChI=1S/C21H28ClN3O4S/c1-5-25(6-2)12-11-23-21(26)17-13-18(22)19(14-20(17)29-4)24-30(27,28)16-9-7-15(3)8-10-16/h7-10,13-14,24H,5-6,11-12H2,1-4H3,(H,23,26). The number of benzene rings is 2. The molecule has 0 heterocycles. The maximum Gasteiger partial charge on any atom is 0.261 e. The molecular formula is C21H28ClN3O4S. The lowest BCUT2D eigenvalue weighted by Crippen LogP contribution is -2.34. The van der Waals surface area contributed by atoms with E-state index in [0.29, 0.717) is 6.54 Å². The van der Waals surface area contributed by atoms with Gasteiger partial charge < -0.3 is 15.0 Å². The number of aryl methyl sites for hydroxylation is 1. The van der Waals surface area contributed by atoms with Gasteiger partial charge >= 0.3 is 0 Å². The second-order valence-corrected chi connectivity index (χ2v) is 8.82. The molecule has 0 saturated carbocycles. The van der Waals surface area contributed by atoms with Gasteiger partial charge in [0.25, 0.3) is 15.9 Å². The van der Waals surface area contributed by atoms with Crippen molar-refractivity contribution < 1.29 is 17.9 Å². The van der Waals surface area contributed by atoms with Crippen LogP contribution < -0.4 is 14.8 Å². The molecule has 0 aliphatic rings. The Hall–Kier alpha value is -2.29. The molecule has 0 atom stereocenters. The molecule has 164 valence electrons. The van der Waals surface area contributed by atoms with Crippen molar-refractivity contribution in [3.8, 4) is 5.75 Å². The number of nitrogens with one attached hydrogen (secondary N) is 2. The number of hydrogen-bond donors (Lipinski definition) is 2. The van der Waals surface area contributed by atoms with Gasteiger partial charge in [0.05, 0.1) is 28.3 Å². The summed E-state index contributed by atoms with van der Waals surface area (Å²) in [4.78, 5) is 14.9. The van der Waals surface area contributed by atoms with Gasteiger partial charge in [0.2, 0.25) is 0 Å². The highest BCUT2D eigenvalue weighted by atomic mass is 35.5. The van der Waals surface area contributed by atoms with Gasteiger partial charge in [-0.05, 0) is 38.2 Å². The van der Waals surface area contributed by atoms with Gasteiger partial charge in [-0.2, -0.15) is 0 Å². The summed E-state index contributed by atoms with van der Waals surface area (Å²) in [7, 11) is -2.43. The molecule has 2 aromatic carbocycles. The van der Waals surface area contributed by atoms with E-state index in [-0.39, 0.29) is 32.8 Å². The molecule has 2 rings (SSSR count). The van der Waals surface area contributed by atoms with E-state index in [1.807, 2.05) is 6.92 Å². The molecule has 0 fully saturated rings. The quantitative estimate of drug-likeness (QED) is 0.574. The van der Waals surface area contributed by atoms with Crippen LogP contribution in [0.15, 0.2) is 41.3 Å². The lowest BCUT2D eigenvalue weighted by Gasteiger charge is -2.18. The summed E-state index contributed by atoms with van der Waals surface area (Å²) in [6.45, 7) is 8.99. The van der Waals surface area contributed by atoms with Crippen molar-refractivity contribution in [2.45, 2.75) is 25.7 Å². The molecule has 7 nitrogen and oxygen atoms in total. The largest absolute Gasteiger partial charge is 0.496 e. The van der Waals surface area contributed by atoms with Crippen LogP contribution in [0.1, 0.15) is 29.8 Å². The fourth-order valence-corrected chi connectivity index (χ4v) is 4.20. The highest BCUT2D eigenvalue weighted by molar-refractivity contribution is 7.92. The van der Waals surface area contributed by atoms with Gasteiger partial charge in [-0.3, -0.25) is 9.52 Å². The van der Waals surface area contributed by atoms with Crippen LogP contribution in [-0.4, -0.2) is 52.5 Å². The molecule has 0 aliphatic carbocycles. The van der Waals surface area contributed by atoms with E-state index < -0.39 is 10.0 Å². The van der Waals surface area contributed by atoms with Crippen LogP contribution in [0.25, 0.3) is 0 Å². The van der Waals surface area contributed by atoms with E-state index in [9.17, 15) is 13.2 Å². The average Bonchev–Trinajstić information content (AvgIpc) is 2.72. The van der Waals surface area contributed by atoms with Crippen molar-refractivity contribution in [2.75, 3.05) is 38.0 Å². The first-order valence-electron chi connectivity index (χ1n) is 9.69. The number of likely N-dealkylation sites (N-methyl/N-ethyl adjacent to an activating group) is 1. The van der Waals surface area contributed by atoms with Crippen molar-refractivity contribution in [1.82, 2.24) is 10.2 Å². The van der Waals surface area contributed by atoms with Gasteiger partial charge in [-0.25, -0.2) is 8.42 Å². The number of nitrogens with zero attached hydrogens (tertiary/aromatic N) is 1. The number of halogens is 1. The number of ether oxygens (including phenoxy) is 1. The van der Waals surface area contributed by atoms with E-state index in [1.54, 1.807) is 12.1 Å². The van der Waals surface area contributed by atoms with Gasteiger partial charge in [0, 0.05) is 19.2 Å². The number of carbonyl (C=O) groups is 1. The second-order valence-electron chi connectivity index (χ2n) is 6.73. The summed E-state index contributed by atoms with van der Waals surface area (Å²) in [6.07, 6.45) is 0. The Morgan fingerprint density at radius 2 is 1.77 bits per heavy atom. The molecule has 0 radical (unpaired) electrons. The van der Waals surface area contributed by atoms with E-state index in [2.05, 4.69) is 28.8 Å². The third-order valence-corrected chi connectivity index (χ3v) is 6.41. The van der Waals surface area contributed by atoms with Crippen LogP contribution in [0.5, 0.6) is 5.75 Å². The van der Waals surface area contributed by atoms with Crippen molar-refractivity contribution in [1.29, 1.82) is 0 Å². The molecule has 9 heteroatoms. The first-order valence-corrected chi connectivity index (χ1v) is 11.6. The number of anilines is 1. The number of sulfonamides is 1. The van der Waals surface area contributed by atoms with Gasteiger partial charge in [0.1, 0.15) is 5.75 Å². The molecule has 30 heavy (non-hydrogen) atoms. The Morgan fingerprint density at radius 1 is 1.13 bits per heavy atom. The van der Waals surface area contributed by atoms with Gasteiger partial charge in [-0.1, -0.05) is 43.1 Å². The Bertz CT molecular complexity index is 974. The van der Waals surface area contributed by atoms with Gasteiger partial charge in [-0.15, -0.1) is 0 Å². The number of methoxy groups -OCH3 is 1. The summed E-state index contributed by atoms with van der Waals surface area (Å²) >= 11 is 6.28. The Balaban J connectivity index is 2.20. The summed E-state index contributed by atoms with van der Waals surface area (Å²) in [5, 5.41) is 2.94. The highest BCUT2D eigenvalue weighted by Crippen LogP contribution is 2.32. The summed E-state index contributed by atoms with van der Waals surface area (Å²) in [5.74, 6) is -0.116. The minimum absolute atomic E-state index is 0.0976. The smallest absolute Gasteiger partial charge is 0.261 e. The van der Waals surface area contributed by atoms with Crippen molar-refractivity contribution in [3.05, 3.63) is 52.5 Å². The fourth-order valence-electron chi connectivity index (χ4n) is 2.86. The zero-order valence-corrected chi connectivity index (χ0v) is 19.2. The van der Waals surface area contributed by atoms with Crippen molar-refractivity contribution in [3.63, 3.8) is 0 Å². The first-order chi connectivity index (χ1) is 14.2. The zero-order chi connectivity index (χ0) is 22.3. The number of amides is 1. The average molecular weight is 454 g/mol. The lowest BCUT2D eigenvalue weighted by molar-refractivity contribution is 0.0946. The molecular weight excluding hydrogens is 426 g/mol. The van der Waals surface area contributed by atoms with E-state index in [1.165, 1.54) is 31.4 Å². The molecule has 0 saturated heterocycles. The molecule has 2 N–H and O–H groups in total. The third-order valence-electron chi connectivity index (χ3n) is 4.72. The fraction of sp³-hybridized carbons (Fsp3) is 0.381. The Labute approximate surface area is 183 Å². The Morgan fingerprint density at radius 3 is 2.33 bits per heavy atom. The van der Waals surface area contributed by atoms with Crippen LogP contribution in [-0.2, 0) is 10.0 Å². The van der Waals surface area contributed by atoms with E-state index >= 15 is 0 Å². The van der Waals surface area contributed by atoms with Crippen LogP contribution in [0.3, 0.4) is 0 Å². The van der Waals surface area contributed by atoms with Crippen LogP contribution in [0.4, 0.5) is 5.69 Å². The van der Waals surface area contributed by atoms with Crippen LogP contribution in [0.2, 0.25) is 5.02 Å². The Kier molecular flexibility index (Phi) is 8.52. The minimum atomic E-state index is -3.84. The topological polar surface area (TPSA) is 87.7 Å². The molecule has 0 spiro atoms. The zero-order valence-electron chi connectivity index (χ0n) is 17.7. The predicted molar refractivity (Wildman–Crippen MR) is 120 cm³/mol. The summed E-state index contributed by atoms with van der Waals surface area (Å²) in [6, 6.07) is 9.26. The first kappa shape index (κ1) is 24.0. The van der Waals surface area contributed by atoms with E-state index in [4.69, 9.17) is 16.3 Å². The van der Waals surface area contributed by atoms with Crippen molar-refractivity contribution in [2.24, 2.45) is 0 Å². The maximum atomic E-state index is 12.7. The van der Waals surface area contributed by atoms with Crippen LogP contribution in [0, 0.1) is 6.92 Å². The second kappa shape index (κ2) is 10.7. The summed E-state index contributed by atoms with van der Waals surface area (Å²) in [5.41, 5.74) is 1.32. The molecule has 0 aromatic heterocycles. The normalized spacial score (nSPS) is 11.4.